The fourth-order valence-corrected chi connectivity index (χ4v) is 13.8. The lowest BCUT2D eigenvalue weighted by atomic mass is 9.94. The highest BCUT2D eigenvalue weighted by Crippen LogP contribution is 2.31. The summed E-state index contributed by atoms with van der Waals surface area (Å²) in [6.45, 7) is 19.0. The van der Waals surface area contributed by atoms with E-state index >= 15 is 0 Å². The van der Waals surface area contributed by atoms with Gasteiger partial charge in [0.25, 0.3) is 0 Å². The Balaban J connectivity index is 3.06. The standard InChI is InChI=1S/C19H38BNO4Si2/c1-16(2)18(15-24-14-17-12-10-9-11-13-17)19(25-20(22)23)21(26(3,4)5)27(6,7)8/h9-13,16,18-19,22-23H,14-15H2,1-8H3/t18-,19+/m0/s1. The average molecular weight is 412 g/mol. The van der Waals surface area contributed by atoms with Crippen LogP contribution in [0, 0.1) is 11.8 Å². The van der Waals surface area contributed by atoms with Crippen LogP contribution >= 0.6 is 0 Å². The van der Waals surface area contributed by atoms with Gasteiger partial charge in [0.15, 0.2) is 0 Å². The molecule has 0 aliphatic heterocycles. The molecular formula is C19H38BNO4Si2. The Morgan fingerprint density at radius 2 is 1.48 bits per heavy atom. The van der Waals surface area contributed by atoms with Crippen LogP contribution in [-0.2, 0) is 16.0 Å². The van der Waals surface area contributed by atoms with Crippen LogP contribution in [0.5, 0.6) is 0 Å². The highest BCUT2D eigenvalue weighted by atomic mass is 28.4. The summed E-state index contributed by atoms with van der Waals surface area (Å²) in [4.78, 5) is 0. The molecule has 0 amide bonds. The first-order valence-electron chi connectivity index (χ1n) is 9.76. The highest BCUT2D eigenvalue weighted by Gasteiger charge is 2.45. The van der Waals surface area contributed by atoms with E-state index < -0.39 is 23.8 Å². The maximum absolute atomic E-state index is 9.63. The first kappa shape index (κ1) is 24.6. The molecule has 0 spiro atoms. The summed E-state index contributed by atoms with van der Waals surface area (Å²) in [5.41, 5.74) is 1.13. The van der Waals surface area contributed by atoms with Gasteiger partial charge in [-0.25, -0.2) is 0 Å². The van der Waals surface area contributed by atoms with Crippen LogP contribution in [0.3, 0.4) is 0 Å². The van der Waals surface area contributed by atoms with Crippen LogP contribution in [0.1, 0.15) is 19.4 Å². The molecule has 1 aromatic carbocycles. The van der Waals surface area contributed by atoms with Gasteiger partial charge in [-0.05, 0) is 11.5 Å². The fraction of sp³-hybridized carbons (Fsp3) is 0.684. The molecule has 0 saturated carbocycles. The van der Waals surface area contributed by atoms with E-state index in [1.54, 1.807) is 0 Å². The van der Waals surface area contributed by atoms with Crippen molar-refractivity contribution in [1.82, 2.24) is 4.23 Å². The van der Waals surface area contributed by atoms with Gasteiger partial charge in [-0.15, -0.1) is 0 Å². The zero-order chi connectivity index (χ0) is 20.8. The van der Waals surface area contributed by atoms with Gasteiger partial charge >= 0.3 is 7.32 Å². The Bertz CT molecular complexity index is 533. The van der Waals surface area contributed by atoms with Crippen molar-refractivity contribution in [3.8, 4) is 0 Å². The molecule has 1 rings (SSSR count). The molecule has 8 heteroatoms. The Hall–Kier alpha value is -0.481. The van der Waals surface area contributed by atoms with Gasteiger partial charge in [0.2, 0.25) is 0 Å². The predicted molar refractivity (Wildman–Crippen MR) is 118 cm³/mol. The van der Waals surface area contributed by atoms with Crippen molar-refractivity contribution in [3.05, 3.63) is 35.9 Å². The van der Waals surface area contributed by atoms with Crippen molar-refractivity contribution in [2.75, 3.05) is 6.61 Å². The number of hydrogen-bond acceptors (Lipinski definition) is 5. The second-order valence-electron chi connectivity index (χ2n) is 9.47. The summed E-state index contributed by atoms with van der Waals surface area (Å²) in [7, 11) is -5.33. The third-order valence-corrected chi connectivity index (χ3v) is 12.0. The quantitative estimate of drug-likeness (QED) is 0.429. The number of rotatable bonds is 11. The Morgan fingerprint density at radius 1 is 0.963 bits per heavy atom. The lowest BCUT2D eigenvalue weighted by Crippen LogP contribution is -2.67. The summed E-state index contributed by atoms with van der Waals surface area (Å²) >= 11 is 0. The summed E-state index contributed by atoms with van der Waals surface area (Å²) in [5, 5.41) is 19.3. The fourth-order valence-electron chi connectivity index (χ4n) is 3.74. The molecule has 5 nitrogen and oxygen atoms in total. The normalized spacial score (nSPS) is 15.3. The van der Waals surface area contributed by atoms with Crippen molar-refractivity contribution < 1.29 is 19.4 Å². The first-order chi connectivity index (χ1) is 12.3. The largest absolute Gasteiger partial charge is 0.635 e. The topological polar surface area (TPSA) is 62.2 Å². The Kier molecular flexibility index (Phi) is 9.40. The van der Waals surface area contributed by atoms with Crippen molar-refractivity contribution in [2.45, 2.75) is 66.0 Å². The van der Waals surface area contributed by atoms with Crippen LogP contribution in [0.25, 0.3) is 0 Å². The molecule has 0 heterocycles. The summed E-state index contributed by atoms with van der Waals surface area (Å²) < 4.78 is 14.2. The molecule has 154 valence electrons. The van der Waals surface area contributed by atoms with Crippen LogP contribution < -0.4 is 0 Å². The van der Waals surface area contributed by atoms with E-state index in [9.17, 15) is 10.0 Å². The van der Waals surface area contributed by atoms with Gasteiger partial charge < -0.3 is 23.7 Å². The zero-order valence-corrected chi connectivity index (χ0v) is 20.3. The van der Waals surface area contributed by atoms with Crippen molar-refractivity contribution in [1.29, 1.82) is 0 Å². The molecule has 0 unspecified atom stereocenters. The molecule has 0 radical (unpaired) electrons. The van der Waals surface area contributed by atoms with Crippen LogP contribution in [0.2, 0.25) is 39.3 Å². The van der Waals surface area contributed by atoms with Crippen molar-refractivity contribution in [3.63, 3.8) is 0 Å². The van der Waals surface area contributed by atoms with E-state index in [2.05, 4.69) is 57.4 Å². The summed E-state index contributed by atoms with van der Waals surface area (Å²) in [6, 6.07) is 10.1. The SMILES string of the molecule is CC(C)[C@H](COCc1ccccc1)[C@@H](OB(O)O)N([Si](C)(C)C)[Si](C)(C)C. The van der Waals surface area contributed by atoms with Gasteiger partial charge in [-0.3, -0.25) is 0 Å². The minimum atomic E-state index is -1.79. The molecule has 0 bridgehead atoms. The summed E-state index contributed by atoms with van der Waals surface area (Å²) in [6.07, 6.45) is -0.376. The minimum Gasteiger partial charge on any atom is -0.402 e. The third-order valence-electron chi connectivity index (χ3n) is 4.61. The maximum atomic E-state index is 9.63. The molecule has 1 aromatic rings. The van der Waals surface area contributed by atoms with Gasteiger partial charge in [-0.2, -0.15) is 0 Å². The van der Waals surface area contributed by atoms with Gasteiger partial charge in [-0.1, -0.05) is 83.5 Å². The molecule has 2 atom stereocenters. The molecule has 2 N–H and O–H groups in total. The lowest BCUT2D eigenvalue weighted by molar-refractivity contribution is -0.0397. The van der Waals surface area contributed by atoms with Gasteiger partial charge in [0.05, 0.1) is 19.4 Å². The molecule has 27 heavy (non-hydrogen) atoms. The number of nitrogens with zero attached hydrogens (tertiary/aromatic N) is 1. The third kappa shape index (κ3) is 8.19. The van der Waals surface area contributed by atoms with E-state index in [4.69, 9.17) is 9.39 Å². The number of benzene rings is 1. The predicted octanol–water partition coefficient (Wildman–Crippen LogP) is 3.76. The van der Waals surface area contributed by atoms with Gasteiger partial charge in [0.1, 0.15) is 16.5 Å². The van der Waals surface area contributed by atoms with Crippen LogP contribution in [0.4, 0.5) is 0 Å². The molecular weight excluding hydrogens is 373 g/mol. The van der Waals surface area contributed by atoms with E-state index in [1.165, 1.54) is 0 Å². The highest BCUT2D eigenvalue weighted by molar-refractivity contribution is 6.89. The molecule has 0 aliphatic rings. The number of hydrogen-bond donors (Lipinski definition) is 2. The molecule has 0 fully saturated rings. The lowest BCUT2D eigenvalue weighted by Gasteiger charge is -2.51. The van der Waals surface area contributed by atoms with Crippen LogP contribution in [-0.4, -0.2) is 50.9 Å². The summed E-state index contributed by atoms with van der Waals surface area (Å²) in [5.74, 6) is 0.314. The van der Waals surface area contributed by atoms with Crippen molar-refractivity contribution in [2.24, 2.45) is 11.8 Å². The van der Waals surface area contributed by atoms with Crippen LogP contribution in [0.15, 0.2) is 30.3 Å². The van der Waals surface area contributed by atoms with E-state index in [-0.39, 0.29) is 18.1 Å². The van der Waals surface area contributed by atoms with E-state index in [0.717, 1.165) is 5.56 Å². The van der Waals surface area contributed by atoms with E-state index in [0.29, 0.717) is 13.2 Å². The smallest absolute Gasteiger partial charge is 0.402 e. The van der Waals surface area contributed by atoms with E-state index in [1.807, 2.05) is 30.3 Å². The zero-order valence-electron chi connectivity index (χ0n) is 18.3. The van der Waals surface area contributed by atoms with Crippen molar-refractivity contribution >= 4 is 23.8 Å². The Labute approximate surface area is 168 Å². The first-order valence-corrected chi connectivity index (χ1v) is 16.7. The Morgan fingerprint density at radius 3 is 1.89 bits per heavy atom. The second-order valence-corrected chi connectivity index (χ2v) is 19.6. The maximum Gasteiger partial charge on any atom is 0.635 e. The number of ether oxygens (including phenoxy) is 1. The molecule has 0 aromatic heterocycles. The minimum absolute atomic E-state index is 0.0361. The monoisotopic (exact) mass is 411 g/mol. The average Bonchev–Trinajstić information content (AvgIpc) is 2.48. The second kappa shape index (κ2) is 10.3. The van der Waals surface area contributed by atoms with Gasteiger partial charge in [0, 0.05) is 5.92 Å². The molecule has 0 aliphatic carbocycles. The molecule has 0 saturated heterocycles.